The van der Waals surface area contributed by atoms with E-state index in [0.29, 0.717) is 0 Å². The van der Waals surface area contributed by atoms with Crippen molar-refractivity contribution in [3.63, 3.8) is 0 Å². The van der Waals surface area contributed by atoms with Crippen molar-refractivity contribution in [2.24, 2.45) is 0 Å². The Labute approximate surface area is 67.2 Å². The van der Waals surface area contributed by atoms with Crippen LogP contribution in [0, 0.1) is 0 Å². The number of hydrogen-bond donors (Lipinski definition) is 2. The molecule has 2 radical (unpaired) electrons. The molecular weight excluding hydrogens is 235 g/mol. The average molecular weight is 237 g/mol. The van der Waals surface area contributed by atoms with E-state index in [1.165, 1.54) is 0 Å². The molecule has 7 heavy (non-hydrogen) atoms. The molecule has 0 amide bonds. The van der Waals surface area contributed by atoms with Crippen LogP contribution in [-0.2, 0) is 54.1 Å². The molecule has 0 aliphatic heterocycles. The topological polar surface area (TPSA) is 57.5 Å². The number of rotatable bonds is 0. The van der Waals surface area contributed by atoms with Crippen molar-refractivity contribution < 1.29 is 47.2 Å². The van der Waals surface area contributed by atoms with Gasteiger partial charge in [0, 0.05) is 45.0 Å². The Morgan fingerprint density at radius 1 is 1.43 bits per heavy atom. The van der Waals surface area contributed by atoms with E-state index in [4.69, 9.17) is 13.3 Å². The summed E-state index contributed by atoms with van der Waals surface area (Å²) in [4.78, 5) is 0. The van der Waals surface area contributed by atoms with Crippen molar-refractivity contribution in [2.75, 3.05) is 0 Å². The van der Waals surface area contributed by atoms with Gasteiger partial charge in [0.05, 0.1) is 0 Å². The molecule has 0 aromatic heterocycles. The Bertz CT molecular complexity index is 96.1. The predicted octanol–water partition coefficient (Wildman–Crippen LogP) is -0.326. The van der Waals surface area contributed by atoms with Crippen molar-refractivity contribution in [2.45, 2.75) is 0 Å². The summed E-state index contributed by atoms with van der Waals surface area (Å²) < 4.78 is 24.0. The first-order valence-electron chi connectivity index (χ1n) is 0.698. The van der Waals surface area contributed by atoms with Crippen LogP contribution in [0.15, 0.2) is 0 Å². The minimum Gasteiger partial charge on any atom is -0.285 e. The van der Waals surface area contributed by atoms with Crippen LogP contribution in [0.3, 0.4) is 0 Å². The van der Waals surface area contributed by atoms with Crippen LogP contribution in [0.2, 0.25) is 0 Å². The molecule has 0 saturated heterocycles. The Morgan fingerprint density at radius 3 is 1.43 bits per heavy atom. The van der Waals surface area contributed by atoms with E-state index in [2.05, 4.69) is 11.2 Å². The standard InChI is InChI=1S/Co.Cu.H2O3S2/c;;1-5(2,3)4/h;;(H2,1,2,3,4). The van der Waals surface area contributed by atoms with Crippen LogP contribution in [0.5, 0.6) is 0 Å². The molecule has 0 aromatic rings. The Hall–Kier alpha value is 1.32. The van der Waals surface area contributed by atoms with Crippen LogP contribution < -0.4 is 0 Å². The largest absolute Gasteiger partial charge is 0.285 e. The SMILES string of the molecule is O=S(O)(O)=S.[Co].[Cu]. The van der Waals surface area contributed by atoms with Crippen LogP contribution in [-0.4, -0.2) is 13.3 Å². The van der Waals surface area contributed by atoms with Crippen LogP contribution in [0.4, 0.5) is 0 Å². The summed E-state index contributed by atoms with van der Waals surface area (Å²) in [6.45, 7) is 0. The molecule has 2 N–H and O–H groups in total. The van der Waals surface area contributed by atoms with Gasteiger partial charge in [-0.05, 0) is 0 Å². The molecule has 3 nitrogen and oxygen atoms in total. The molecule has 0 atom stereocenters. The fraction of sp³-hybridized carbons (Fsp3) is 0. The van der Waals surface area contributed by atoms with Gasteiger partial charge in [-0.2, -0.15) is 4.21 Å². The Balaban J connectivity index is -0.0000000800. The maximum atomic E-state index is 9.11. The third-order valence-corrected chi connectivity index (χ3v) is 0. The first kappa shape index (κ1) is 15.8. The van der Waals surface area contributed by atoms with Gasteiger partial charge >= 0.3 is 0 Å². The van der Waals surface area contributed by atoms with Gasteiger partial charge < -0.3 is 0 Å². The van der Waals surface area contributed by atoms with E-state index < -0.39 is 9.05 Å². The molecule has 0 heterocycles. The molecule has 0 saturated carbocycles. The molecule has 0 aromatic carbocycles. The van der Waals surface area contributed by atoms with Crippen molar-refractivity contribution >= 4 is 20.2 Å². The zero-order valence-electron chi connectivity index (χ0n) is 2.75. The number of hydrogen-bond acceptors (Lipinski definition) is 2. The van der Waals surface area contributed by atoms with Gasteiger partial charge in [-0.3, -0.25) is 9.11 Å². The second kappa shape index (κ2) is 5.45. The summed E-state index contributed by atoms with van der Waals surface area (Å²) in [5, 5.41) is 0. The smallest absolute Gasteiger partial charge is 0.263 e. The van der Waals surface area contributed by atoms with Crippen molar-refractivity contribution in [1.82, 2.24) is 0 Å². The third kappa shape index (κ3) is 119. The zero-order valence-corrected chi connectivity index (χ0v) is 6.37. The summed E-state index contributed by atoms with van der Waals surface area (Å²) in [6, 6.07) is 0. The van der Waals surface area contributed by atoms with Crippen LogP contribution in [0.1, 0.15) is 0 Å². The minimum absolute atomic E-state index is 0. The molecular formula is H2CoCuO3S2. The van der Waals surface area contributed by atoms with Gasteiger partial charge in [0.15, 0.2) is 0 Å². The van der Waals surface area contributed by atoms with Crippen LogP contribution in [0.25, 0.3) is 0 Å². The predicted molar refractivity (Wildman–Crippen MR) is 20.8 cm³/mol. The van der Waals surface area contributed by atoms with Gasteiger partial charge in [0.25, 0.3) is 9.05 Å². The molecule has 0 aliphatic rings. The normalized spacial score (nSPS) is 8.29. The average Bonchev–Trinajstić information content (AvgIpc) is 0.722. The van der Waals surface area contributed by atoms with Gasteiger partial charge in [-0.1, -0.05) is 0 Å². The molecule has 0 spiro atoms. The second-order valence-electron chi connectivity index (χ2n) is 0.448. The van der Waals surface area contributed by atoms with Gasteiger partial charge in [-0.25, -0.2) is 0 Å². The second-order valence-corrected chi connectivity index (χ2v) is 2.65. The summed E-state index contributed by atoms with van der Waals surface area (Å²) in [5.41, 5.74) is 0. The van der Waals surface area contributed by atoms with Crippen molar-refractivity contribution in [3.8, 4) is 0 Å². The molecule has 0 fully saturated rings. The summed E-state index contributed by atoms with van der Waals surface area (Å²) in [7, 11) is -3.83. The third-order valence-electron chi connectivity index (χ3n) is 0. The van der Waals surface area contributed by atoms with Gasteiger partial charge in [0.1, 0.15) is 0 Å². The maximum Gasteiger partial charge on any atom is 0.263 e. The van der Waals surface area contributed by atoms with E-state index in [1.807, 2.05) is 0 Å². The van der Waals surface area contributed by atoms with E-state index in [0.717, 1.165) is 0 Å². The molecule has 52 valence electrons. The van der Waals surface area contributed by atoms with Crippen LogP contribution >= 0.6 is 0 Å². The fourth-order valence-electron chi connectivity index (χ4n) is 0. The summed E-state index contributed by atoms with van der Waals surface area (Å²) in [6.07, 6.45) is 0. The van der Waals surface area contributed by atoms with E-state index in [9.17, 15) is 0 Å². The zero-order chi connectivity index (χ0) is 4.50. The Kier molecular flexibility index (Phi) is 12.3. The van der Waals surface area contributed by atoms with Crippen molar-refractivity contribution in [1.29, 1.82) is 0 Å². The molecule has 0 unspecified atom stereocenters. The molecule has 7 heteroatoms. The monoisotopic (exact) mass is 236 g/mol. The first-order valence-corrected chi connectivity index (χ1v) is 3.10. The quantitative estimate of drug-likeness (QED) is 0.566. The maximum absolute atomic E-state index is 9.11. The Morgan fingerprint density at radius 2 is 1.43 bits per heavy atom. The van der Waals surface area contributed by atoms with E-state index in [1.54, 1.807) is 0 Å². The first-order chi connectivity index (χ1) is 2.00. The molecule has 0 aliphatic carbocycles. The van der Waals surface area contributed by atoms with Crippen molar-refractivity contribution in [3.05, 3.63) is 0 Å². The summed E-state index contributed by atoms with van der Waals surface area (Å²) >= 11 is 3.47. The fourth-order valence-corrected chi connectivity index (χ4v) is 0. The minimum atomic E-state index is -3.83. The molecule has 0 rings (SSSR count). The van der Waals surface area contributed by atoms with E-state index >= 15 is 0 Å². The van der Waals surface area contributed by atoms with Gasteiger partial charge in [0.2, 0.25) is 0 Å². The van der Waals surface area contributed by atoms with E-state index in [-0.39, 0.29) is 33.8 Å². The van der Waals surface area contributed by atoms with Gasteiger partial charge in [-0.15, -0.1) is 0 Å². The summed E-state index contributed by atoms with van der Waals surface area (Å²) in [5.74, 6) is 0. The molecule has 0 bridgehead atoms.